The Kier molecular flexibility index (Phi) is 5.99. The predicted octanol–water partition coefficient (Wildman–Crippen LogP) is 1.43. The molecule has 0 aliphatic carbocycles. The number of methoxy groups -OCH3 is 1. The van der Waals surface area contributed by atoms with E-state index in [4.69, 9.17) is 9.84 Å². The second kappa shape index (κ2) is 7.26. The summed E-state index contributed by atoms with van der Waals surface area (Å²) in [7, 11) is 1.60. The average molecular weight is 265 g/mol. The quantitative estimate of drug-likeness (QED) is 0.811. The molecule has 1 aromatic carbocycles. The predicted molar refractivity (Wildman–Crippen MR) is 75.0 cm³/mol. The minimum Gasteiger partial charge on any atom is -0.395 e. The molecule has 19 heavy (non-hydrogen) atoms. The van der Waals surface area contributed by atoms with Crippen LogP contribution < -0.4 is 0 Å². The summed E-state index contributed by atoms with van der Waals surface area (Å²) in [5, 5.41) is 9.09. The molecule has 1 N–H and O–H groups in total. The zero-order valence-electron chi connectivity index (χ0n) is 11.9. The van der Waals surface area contributed by atoms with Crippen LogP contribution in [-0.2, 0) is 14.9 Å². The van der Waals surface area contributed by atoms with Crippen LogP contribution in [0.15, 0.2) is 30.3 Å². The molecule has 0 aliphatic rings. The standard InChI is InChI=1S/C15H23NO3/c1-15(2,13-7-5-4-6-8-13)14(18)16(9-11-17)10-12-19-3/h4-8,17H,9-12H2,1-3H3. The Bertz CT molecular complexity index is 390. The molecule has 4 nitrogen and oxygen atoms in total. The Balaban J connectivity index is 2.88. The number of rotatable bonds is 7. The Hall–Kier alpha value is -1.39. The highest BCUT2D eigenvalue weighted by atomic mass is 16.5. The van der Waals surface area contributed by atoms with E-state index in [9.17, 15) is 4.79 Å². The van der Waals surface area contributed by atoms with Crippen molar-refractivity contribution >= 4 is 5.91 Å². The number of carbonyl (C=O) groups is 1. The summed E-state index contributed by atoms with van der Waals surface area (Å²) < 4.78 is 5.01. The number of carbonyl (C=O) groups excluding carboxylic acids is 1. The van der Waals surface area contributed by atoms with Crippen molar-refractivity contribution in [3.05, 3.63) is 35.9 Å². The first kappa shape index (κ1) is 15.7. The molecule has 0 radical (unpaired) electrons. The van der Waals surface area contributed by atoms with Crippen LogP contribution >= 0.6 is 0 Å². The van der Waals surface area contributed by atoms with E-state index in [1.165, 1.54) is 0 Å². The second-order valence-corrected chi connectivity index (χ2v) is 5.00. The fourth-order valence-corrected chi connectivity index (χ4v) is 2.01. The maximum Gasteiger partial charge on any atom is 0.232 e. The van der Waals surface area contributed by atoms with E-state index in [1.807, 2.05) is 44.2 Å². The third-order valence-electron chi connectivity index (χ3n) is 3.25. The van der Waals surface area contributed by atoms with Crippen LogP contribution in [0, 0.1) is 0 Å². The van der Waals surface area contributed by atoms with E-state index in [0.29, 0.717) is 19.7 Å². The molecule has 1 aromatic rings. The third-order valence-corrected chi connectivity index (χ3v) is 3.25. The number of hydrogen-bond donors (Lipinski definition) is 1. The van der Waals surface area contributed by atoms with Gasteiger partial charge in [0.15, 0.2) is 0 Å². The maximum absolute atomic E-state index is 12.6. The molecule has 106 valence electrons. The van der Waals surface area contributed by atoms with Gasteiger partial charge in [0, 0.05) is 20.2 Å². The number of hydrogen-bond acceptors (Lipinski definition) is 3. The molecule has 0 saturated heterocycles. The summed E-state index contributed by atoms with van der Waals surface area (Å²) in [5.74, 6) is 0.00444. The molecular weight excluding hydrogens is 242 g/mol. The van der Waals surface area contributed by atoms with Gasteiger partial charge in [0.1, 0.15) is 0 Å². The van der Waals surface area contributed by atoms with Crippen molar-refractivity contribution in [1.29, 1.82) is 0 Å². The lowest BCUT2D eigenvalue weighted by molar-refractivity contribution is -0.137. The monoisotopic (exact) mass is 265 g/mol. The summed E-state index contributed by atoms with van der Waals surface area (Å²) in [6.07, 6.45) is 0. The summed E-state index contributed by atoms with van der Waals surface area (Å²) in [6, 6.07) is 9.68. The number of aliphatic hydroxyl groups excluding tert-OH is 1. The van der Waals surface area contributed by atoms with Crippen molar-refractivity contribution in [2.75, 3.05) is 33.4 Å². The molecule has 0 spiro atoms. The van der Waals surface area contributed by atoms with E-state index in [2.05, 4.69) is 0 Å². The van der Waals surface area contributed by atoms with Gasteiger partial charge in [-0.25, -0.2) is 0 Å². The minimum absolute atomic E-state index is 0.00444. The molecule has 0 aliphatic heterocycles. The summed E-state index contributed by atoms with van der Waals surface area (Å²) >= 11 is 0. The van der Waals surface area contributed by atoms with Gasteiger partial charge in [0.2, 0.25) is 5.91 Å². The van der Waals surface area contributed by atoms with E-state index < -0.39 is 5.41 Å². The molecule has 0 bridgehead atoms. The summed E-state index contributed by atoms with van der Waals surface area (Å²) in [6.45, 7) is 5.06. The highest BCUT2D eigenvalue weighted by Crippen LogP contribution is 2.25. The maximum atomic E-state index is 12.6. The van der Waals surface area contributed by atoms with E-state index in [-0.39, 0.29) is 12.5 Å². The number of benzene rings is 1. The van der Waals surface area contributed by atoms with E-state index in [0.717, 1.165) is 5.56 Å². The van der Waals surface area contributed by atoms with E-state index in [1.54, 1.807) is 12.0 Å². The van der Waals surface area contributed by atoms with Gasteiger partial charge in [-0.3, -0.25) is 4.79 Å². The van der Waals surface area contributed by atoms with Crippen molar-refractivity contribution in [2.45, 2.75) is 19.3 Å². The van der Waals surface area contributed by atoms with Gasteiger partial charge in [-0.15, -0.1) is 0 Å². The van der Waals surface area contributed by atoms with Crippen LogP contribution in [-0.4, -0.2) is 49.3 Å². The first-order chi connectivity index (χ1) is 9.04. The molecule has 0 unspecified atom stereocenters. The zero-order valence-corrected chi connectivity index (χ0v) is 11.9. The van der Waals surface area contributed by atoms with Crippen LogP contribution in [0.25, 0.3) is 0 Å². The van der Waals surface area contributed by atoms with Crippen LogP contribution in [0.4, 0.5) is 0 Å². The topological polar surface area (TPSA) is 49.8 Å². The highest BCUT2D eigenvalue weighted by molar-refractivity contribution is 5.87. The number of amides is 1. The Morgan fingerprint density at radius 1 is 1.26 bits per heavy atom. The average Bonchev–Trinajstić information content (AvgIpc) is 2.43. The van der Waals surface area contributed by atoms with Gasteiger partial charge in [0.05, 0.1) is 18.6 Å². The van der Waals surface area contributed by atoms with Crippen molar-refractivity contribution in [2.24, 2.45) is 0 Å². The van der Waals surface area contributed by atoms with Gasteiger partial charge < -0.3 is 14.7 Å². The minimum atomic E-state index is -0.607. The van der Waals surface area contributed by atoms with Crippen LogP contribution in [0.3, 0.4) is 0 Å². The van der Waals surface area contributed by atoms with E-state index >= 15 is 0 Å². The van der Waals surface area contributed by atoms with Crippen molar-refractivity contribution in [1.82, 2.24) is 4.90 Å². The molecule has 0 heterocycles. The first-order valence-electron chi connectivity index (χ1n) is 6.48. The number of aliphatic hydroxyl groups is 1. The molecule has 0 fully saturated rings. The summed E-state index contributed by atoms with van der Waals surface area (Å²) in [5.41, 5.74) is 0.366. The fraction of sp³-hybridized carbons (Fsp3) is 0.533. The van der Waals surface area contributed by atoms with Gasteiger partial charge in [-0.05, 0) is 19.4 Å². The third kappa shape index (κ3) is 4.04. The van der Waals surface area contributed by atoms with Gasteiger partial charge >= 0.3 is 0 Å². The molecule has 1 amide bonds. The smallest absolute Gasteiger partial charge is 0.232 e. The Morgan fingerprint density at radius 2 is 1.89 bits per heavy atom. The largest absolute Gasteiger partial charge is 0.395 e. The normalized spacial score (nSPS) is 11.4. The van der Waals surface area contributed by atoms with Crippen molar-refractivity contribution in [3.63, 3.8) is 0 Å². The Morgan fingerprint density at radius 3 is 2.42 bits per heavy atom. The molecular formula is C15H23NO3. The SMILES string of the molecule is COCCN(CCO)C(=O)C(C)(C)c1ccccc1. The van der Waals surface area contributed by atoms with Crippen molar-refractivity contribution in [3.8, 4) is 0 Å². The Labute approximate surface area is 115 Å². The molecule has 4 heteroatoms. The molecule has 0 aromatic heterocycles. The van der Waals surface area contributed by atoms with Crippen LogP contribution in [0.2, 0.25) is 0 Å². The van der Waals surface area contributed by atoms with Crippen LogP contribution in [0.5, 0.6) is 0 Å². The number of ether oxygens (including phenoxy) is 1. The lowest BCUT2D eigenvalue weighted by Gasteiger charge is -2.32. The van der Waals surface area contributed by atoms with Crippen molar-refractivity contribution < 1.29 is 14.6 Å². The van der Waals surface area contributed by atoms with Crippen LogP contribution in [0.1, 0.15) is 19.4 Å². The molecule has 1 rings (SSSR count). The fourth-order valence-electron chi connectivity index (χ4n) is 2.01. The van der Waals surface area contributed by atoms with Gasteiger partial charge in [0.25, 0.3) is 0 Å². The first-order valence-corrected chi connectivity index (χ1v) is 6.48. The molecule has 0 saturated carbocycles. The zero-order chi connectivity index (χ0) is 14.3. The highest BCUT2D eigenvalue weighted by Gasteiger charge is 2.33. The lowest BCUT2D eigenvalue weighted by atomic mass is 9.83. The van der Waals surface area contributed by atoms with Gasteiger partial charge in [-0.2, -0.15) is 0 Å². The second-order valence-electron chi connectivity index (χ2n) is 5.00. The summed E-state index contributed by atoms with van der Waals surface area (Å²) in [4.78, 5) is 14.3. The van der Waals surface area contributed by atoms with Gasteiger partial charge in [-0.1, -0.05) is 30.3 Å². The lowest BCUT2D eigenvalue weighted by Crippen LogP contribution is -2.46. The number of nitrogens with zero attached hydrogens (tertiary/aromatic N) is 1. The molecule has 0 atom stereocenters.